The Morgan fingerprint density at radius 2 is 1.51 bits per heavy atom. The van der Waals surface area contributed by atoms with Gasteiger partial charge in [0.05, 0.1) is 36.0 Å². The number of hydrogen-bond acceptors (Lipinski definition) is 14. The van der Waals surface area contributed by atoms with Crippen molar-refractivity contribution < 1.29 is 51.4 Å². The summed E-state index contributed by atoms with van der Waals surface area (Å²) >= 11 is 0. The van der Waals surface area contributed by atoms with Gasteiger partial charge in [-0.2, -0.15) is 8.78 Å². The van der Waals surface area contributed by atoms with Gasteiger partial charge in [0.1, 0.15) is 40.3 Å². The number of amides is 6. The van der Waals surface area contributed by atoms with Gasteiger partial charge in [0.2, 0.25) is 23.6 Å². The standard InChI is InChI=1S/C51H51F3N10O8/c1-71-41-26-36-37(55-19-13-40(36)72-34-8-6-33(7-9-34)59-49(70)50(16-17-50)48(69)58-32-4-2-31(52)3-5-32)27-39(41)62-21-14-30(15-22-62)28-63-25-24-61(29-51(63,53)54)23-20-57-44-43-35(12-18-56-44)46(67)64(47(43)68)38-10-11-42(65)60-45(38)66/h2-9,12-13,18-19,26-27,30,38H,10-11,14-17,20-25,28-29H2,1H3,(H,56,57)(H,58,69)(H,59,70)(H,60,65,66). The van der Waals surface area contributed by atoms with Crippen molar-refractivity contribution in [3.05, 3.63) is 102 Å². The molecule has 4 aliphatic heterocycles. The Kier molecular flexibility index (Phi) is 13.0. The van der Waals surface area contributed by atoms with Crippen molar-refractivity contribution in [1.29, 1.82) is 0 Å². The molecule has 4 fully saturated rings. The van der Waals surface area contributed by atoms with Crippen LogP contribution in [0.1, 0.15) is 59.2 Å². The number of imide groups is 2. The minimum atomic E-state index is -3.08. The summed E-state index contributed by atoms with van der Waals surface area (Å²) < 4.78 is 57.0. The Hall–Kier alpha value is -7.65. The van der Waals surface area contributed by atoms with E-state index in [1.54, 1.807) is 48.5 Å². The number of hydrogen-bond donors (Lipinski definition) is 4. The van der Waals surface area contributed by atoms with E-state index in [2.05, 4.69) is 36.1 Å². The van der Waals surface area contributed by atoms with Gasteiger partial charge in [0.25, 0.3) is 11.8 Å². The van der Waals surface area contributed by atoms with Gasteiger partial charge in [0, 0.05) is 81.4 Å². The van der Waals surface area contributed by atoms with Crippen molar-refractivity contribution >= 4 is 69.2 Å². The molecule has 21 heteroatoms. The number of rotatable bonds is 15. The number of nitrogens with one attached hydrogen (secondary N) is 4. The molecule has 2 aromatic heterocycles. The summed E-state index contributed by atoms with van der Waals surface area (Å²) in [5.41, 5.74) is 1.26. The Morgan fingerprint density at radius 3 is 2.18 bits per heavy atom. The topological polar surface area (TPSA) is 208 Å². The number of anilines is 4. The normalized spacial score (nSPS) is 20.0. The average Bonchev–Trinajstić information content (AvgIpc) is 4.15. The zero-order valence-corrected chi connectivity index (χ0v) is 39.2. The Balaban J connectivity index is 0.702. The molecule has 6 heterocycles. The van der Waals surface area contributed by atoms with Crippen molar-refractivity contribution in [2.75, 3.05) is 80.3 Å². The second kappa shape index (κ2) is 19.5. The molecule has 4 N–H and O–H groups in total. The van der Waals surface area contributed by atoms with E-state index in [1.807, 2.05) is 12.1 Å². The molecule has 10 rings (SSSR count). The van der Waals surface area contributed by atoms with Gasteiger partial charge in [-0.3, -0.25) is 48.9 Å². The SMILES string of the molecule is COc1cc2c(Oc3ccc(NC(=O)C4(C(=O)Nc5ccc(F)cc5)CC4)cc3)ccnc2cc1N1CCC(CN2CCN(CCNc3nccc4c3C(=O)N(C3CCC(=O)NC3=O)C4=O)CC2(F)F)CC1. The molecule has 72 heavy (non-hydrogen) atoms. The monoisotopic (exact) mass is 988 g/mol. The number of piperazine rings is 1. The summed E-state index contributed by atoms with van der Waals surface area (Å²) in [7, 11) is 1.59. The fraction of sp³-hybridized carbons (Fsp3) is 0.373. The predicted molar refractivity (Wildman–Crippen MR) is 257 cm³/mol. The van der Waals surface area contributed by atoms with E-state index in [4.69, 9.17) is 9.47 Å². The van der Waals surface area contributed by atoms with Crippen LogP contribution in [-0.4, -0.2) is 132 Å². The Bertz CT molecular complexity index is 2970. The van der Waals surface area contributed by atoms with Gasteiger partial charge in [-0.05, 0) is 111 Å². The minimum absolute atomic E-state index is 0.00593. The number of fused-ring (bicyclic) bond motifs is 2. The van der Waals surface area contributed by atoms with Gasteiger partial charge in [-0.15, -0.1) is 0 Å². The molecular formula is C51H51F3N10O8. The maximum absolute atomic E-state index is 15.8. The van der Waals surface area contributed by atoms with E-state index >= 15 is 8.78 Å². The maximum Gasteiger partial charge on any atom is 0.317 e. The Morgan fingerprint density at radius 1 is 0.819 bits per heavy atom. The lowest BCUT2D eigenvalue weighted by Gasteiger charge is -2.43. The van der Waals surface area contributed by atoms with Crippen molar-refractivity contribution in [1.82, 2.24) is 30.0 Å². The van der Waals surface area contributed by atoms with E-state index in [-0.39, 0.29) is 61.9 Å². The molecule has 1 aliphatic carbocycles. The highest BCUT2D eigenvalue weighted by atomic mass is 19.3. The largest absolute Gasteiger partial charge is 0.495 e. The third kappa shape index (κ3) is 9.60. The summed E-state index contributed by atoms with van der Waals surface area (Å²) in [5, 5.41) is 11.5. The molecule has 374 valence electrons. The number of pyridine rings is 2. The number of piperidine rings is 2. The summed E-state index contributed by atoms with van der Waals surface area (Å²) in [6.07, 6.45) is 5.19. The van der Waals surface area contributed by atoms with Gasteiger partial charge < -0.3 is 30.3 Å². The van der Waals surface area contributed by atoms with Crippen molar-refractivity contribution in [2.45, 2.75) is 50.6 Å². The number of benzene rings is 3. The van der Waals surface area contributed by atoms with Crippen molar-refractivity contribution in [3.63, 3.8) is 0 Å². The third-order valence-corrected chi connectivity index (χ3v) is 14.1. The van der Waals surface area contributed by atoms with E-state index in [0.717, 1.165) is 10.6 Å². The Labute approximate surface area is 411 Å². The number of carbonyl (C=O) groups excluding carboxylic acids is 6. The lowest BCUT2D eigenvalue weighted by molar-refractivity contribution is -0.188. The lowest BCUT2D eigenvalue weighted by atomic mass is 9.95. The van der Waals surface area contributed by atoms with Crippen LogP contribution >= 0.6 is 0 Å². The van der Waals surface area contributed by atoms with Gasteiger partial charge in [-0.1, -0.05) is 0 Å². The molecule has 1 atom stereocenters. The van der Waals surface area contributed by atoms with E-state index in [9.17, 15) is 33.2 Å². The molecule has 5 aromatic rings. The van der Waals surface area contributed by atoms with Crippen molar-refractivity contribution in [2.24, 2.45) is 11.3 Å². The number of alkyl halides is 2. The van der Waals surface area contributed by atoms with E-state index in [1.165, 1.54) is 41.4 Å². The average molecular weight is 989 g/mol. The number of halogens is 3. The zero-order chi connectivity index (χ0) is 50.3. The molecule has 6 amide bonds. The number of ether oxygens (including phenoxy) is 2. The third-order valence-electron chi connectivity index (χ3n) is 14.1. The molecule has 0 spiro atoms. The van der Waals surface area contributed by atoms with Crippen LogP contribution in [0.5, 0.6) is 17.2 Å². The molecule has 0 radical (unpaired) electrons. The lowest BCUT2D eigenvalue weighted by Crippen LogP contribution is -2.59. The molecule has 18 nitrogen and oxygen atoms in total. The minimum Gasteiger partial charge on any atom is -0.495 e. The van der Waals surface area contributed by atoms with Gasteiger partial charge in [-0.25, -0.2) is 14.3 Å². The fourth-order valence-electron chi connectivity index (χ4n) is 9.92. The number of nitrogens with zero attached hydrogens (tertiary/aromatic N) is 6. The summed E-state index contributed by atoms with van der Waals surface area (Å²) in [6, 6.07) is 14.9. The van der Waals surface area contributed by atoms with Crippen LogP contribution in [0.4, 0.5) is 36.1 Å². The summed E-state index contributed by atoms with van der Waals surface area (Å²) in [4.78, 5) is 91.9. The number of methoxy groups -OCH3 is 1. The van der Waals surface area contributed by atoms with E-state index < -0.39 is 65.3 Å². The highest BCUT2D eigenvalue weighted by Crippen LogP contribution is 2.48. The van der Waals surface area contributed by atoms with Crippen LogP contribution in [0.25, 0.3) is 10.9 Å². The molecule has 1 unspecified atom stereocenters. The van der Waals surface area contributed by atoms with Crippen LogP contribution in [0, 0.1) is 17.2 Å². The molecule has 3 saturated heterocycles. The molecule has 1 saturated carbocycles. The van der Waals surface area contributed by atoms with Gasteiger partial charge in [0.15, 0.2) is 0 Å². The van der Waals surface area contributed by atoms with Crippen LogP contribution in [0.15, 0.2) is 85.2 Å². The predicted octanol–water partition coefficient (Wildman–Crippen LogP) is 5.87. The van der Waals surface area contributed by atoms with Crippen LogP contribution in [0.3, 0.4) is 0 Å². The number of aromatic nitrogens is 2. The van der Waals surface area contributed by atoms with Crippen molar-refractivity contribution in [3.8, 4) is 17.2 Å². The van der Waals surface area contributed by atoms with Crippen LogP contribution in [-0.2, 0) is 19.2 Å². The van der Waals surface area contributed by atoms with E-state index in [0.29, 0.717) is 84.8 Å². The first-order valence-corrected chi connectivity index (χ1v) is 23.9. The number of carbonyl (C=O) groups is 6. The second-order valence-corrected chi connectivity index (χ2v) is 18.7. The molecule has 0 bridgehead atoms. The highest BCUT2D eigenvalue weighted by Gasteiger charge is 2.56. The first-order valence-electron chi connectivity index (χ1n) is 23.9. The second-order valence-electron chi connectivity index (χ2n) is 18.7. The maximum atomic E-state index is 15.8. The molecule has 5 aliphatic rings. The molecular weight excluding hydrogens is 938 g/mol. The van der Waals surface area contributed by atoms with Gasteiger partial charge >= 0.3 is 6.05 Å². The first kappa shape index (κ1) is 48.0. The fourth-order valence-corrected chi connectivity index (χ4v) is 9.92. The highest BCUT2D eigenvalue weighted by molar-refractivity contribution is 6.25. The first-order chi connectivity index (χ1) is 34.7. The quantitative estimate of drug-likeness (QED) is 0.0550. The zero-order valence-electron chi connectivity index (χ0n) is 39.2. The summed E-state index contributed by atoms with van der Waals surface area (Å²) in [6.45, 7) is 1.98. The smallest absolute Gasteiger partial charge is 0.317 e. The molecule has 3 aromatic carbocycles. The van der Waals surface area contributed by atoms with Crippen LogP contribution in [0.2, 0.25) is 0 Å². The summed E-state index contributed by atoms with van der Waals surface area (Å²) in [5.74, 6) is -2.07. The van der Waals surface area contributed by atoms with Crippen LogP contribution < -0.4 is 35.6 Å².